The number of thioether (sulfide) groups is 2. The molecule has 0 aliphatic carbocycles. The van der Waals surface area contributed by atoms with Crippen LogP contribution in [0.5, 0.6) is 11.5 Å². The highest BCUT2D eigenvalue weighted by molar-refractivity contribution is 8.04. The molecule has 1 N–H and O–H groups in total. The summed E-state index contributed by atoms with van der Waals surface area (Å²) in [5.74, 6) is 0.106. The summed E-state index contributed by atoms with van der Waals surface area (Å²) in [6, 6.07) is 28.6. The van der Waals surface area contributed by atoms with E-state index in [0.717, 1.165) is 65.3 Å². The van der Waals surface area contributed by atoms with Crippen LogP contribution in [0.25, 0.3) is 43.4 Å². The molecule has 0 saturated carbocycles. The summed E-state index contributed by atoms with van der Waals surface area (Å²) in [7, 11) is -7.08. The second-order valence-electron chi connectivity index (χ2n) is 16.3. The lowest BCUT2D eigenvalue weighted by molar-refractivity contribution is -0.669. The van der Waals surface area contributed by atoms with Gasteiger partial charge in [-0.1, -0.05) is 53.4 Å². The topological polar surface area (TPSA) is 158 Å². The molecule has 7 aromatic rings. The van der Waals surface area contributed by atoms with Crippen LogP contribution in [-0.4, -0.2) is 62.8 Å². The smallest absolute Gasteiger partial charge is 0.263 e. The molecule has 9 rings (SSSR count). The van der Waals surface area contributed by atoms with Crippen molar-refractivity contribution in [2.75, 3.05) is 41.5 Å². The Morgan fingerprint density at radius 1 is 0.794 bits per heavy atom. The minimum Gasteiger partial charge on any atom is -0.748 e. The van der Waals surface area contributed by atoms with Crippen LogP contribution in [0.15, 0.2) is 122 Å². The molecule has 0 fully saturated rings. The first-order valence-corrected chi connectivity index (χ1v) is 28.7. The first-order valence-electron chi connectivity index (χ1n) is 22.2. The molecule has 2 aliphatic heterocycles. The van der Waals surface area contributed by atoms with Crippen molar-refractivity contribution in [1.29, 1.82) is 0 Å². The normalized spacial score (nSPS) is 15.2. The fraction of sp³-hybridized carbons (Fsp3) is 0.280. The average Bonchev–Trinajstić information content (AvgIpc) is 4.08. The van der Waals surface area contributed by atoms with Gasteiger partial charge >= 0.3 is 0 Å². The number of phenols is 1. The van der Waals surface area contributed by atoms with E-state index in [4.69, 9.17) is 4.74 Å². The van der Waals surface area contributed by atoms with Crippen molar-refractivity contribution in [2.24, 2.45) is 0 Å². The number of pyridine rings is 1. The maximum Gasteiger partial charge on any atom is 0.263 e. The number of hydrogen-bond donors (Lipinski definition) is 1. The van der Waals surface area contributed by atoms with Gasteiger partial charge in [0.1, 0.15) is 22.7 Å². The molecule has 68 heavy (non-hydrogen) atoms. The molecule has 5 heterocycles. The highest BCUT2D eigenvalue weighted by Gasteiger charge is 2.28. The van der Waals surface area contributed by atoms with Crippen LogP contribution in [-0.2, 0) is 33.3 Å². The number of thiazole rings is 1. The molecule has 0 amide bonds. The van der Waals surface area contributed by atoms with Gasteiger partial charge in [0.15, 0.2) is 6.54 Å². The van der Waals surface area contributed by atoms with Crippen molar-refractivity contribution in [3.63, 3.8) is 0 Å². The number of aromatic hydroxyl groups is 1. The number of nitrogens with zero attached hydrogens (tertiary/aromatic N) is 4. The molecule has 0 atom stereocenters. The molecule has 0 unspecified atom stereocenters. The zero-order chi connectivity index (χ0) is 48.3. The Labute approximate surface area is 414 Å². The predicted molar refractivity (Wildman–Crippen MR) is 278 cm³/mol. The number of aryl methyl sites for hydroxylation is 3. The largest absolute Gasteiger partial charge is 0.748 e. The molecule has 0 bridgehead atoms. The van der Waals surface area contributed by atoms with Crippen LogP contribution in [0.1, 0.15) is 56.3 Å². The number of hydrogen-bond acceptors (Lipinski definition) is 14. The molecule has 356 valence electrons. The summed E-state index contributed by atoms with van der Waals surface area (Å²) in [6.07, 6.45) is 7.50. The Hall–Kier alpha value is -4.92. The number of allylic oxidation sites excluding steroid dienone is 2. The van der Waals surface area contributed by atoms with E-state index in [1.165, 1.54) is 32.1 Å². The van der Waals surface area contributed by atoms with Gasteiger partial charge in [0, 0.05) is 87.3 Å². The Bertz CT molecular complexity index is 3360. The minimum atomic E-state index is -4.33. The molecule has 0 saturated heterocycles. The van der Waals surface area contributed by atoms with Crippen LogP contribution in [0.4, 0.5) is 11.4 Å². The Kier molecular flexibility index (Phi) is 15.3. The van der Waals surface area contributed by atoms with Crippen LogP contribution < -0.4 is 23.7 Å². The number of thiophene rings is 1. The second-order valence-corrected chi connectivity index (χ2v) is 23.4. The van der Waals surface area contributed by atoms with Gasteiger partial charge < -0.3 is 28.7 Å². The maximum absolute atomic E-state index is 11.3. The van der Waals surface area contributed by atoms with E-state index in [9.17, 15) is 31.0 Å². The average molecular weight is 1030 g/mol. The van der Waals surface area contributed by atoms with E-state index in [1.807, 2.05) is 47.5 Å². The van der Waals surface area contributed by atoms with Crippen molar-refractivity contribution >= 4 is 121 Å². The number of phenolic OH excluding ortho intramolecular Hbond substituents is 1. The molecule has 3 aromatic heterocycles. The third-order valence-electron chi connectivity index (χ3n) is 11.7. The number of aromatic nitrogens is 2. The summed E-state index contributed by atoms with van der Waals surface area (Å²) in [4.78, 5) is 6.47. The summed E-state index contributed by atoms with van der Waals surface area (Å²) in [5, 5.41) is 17.3. The van der Waals surface area contributed by atoms with E-state index in [-0.39, 0.29) is 12.8 Å². The molecule has 0 spiro atoms. The van der Waals surface area contributed by atoms with Gasteiger partial charge in [-0.05, 0) is 105 Å². The fourth-order valence-corrected chi connectivity index (χ4v) is 13.7. The number of rotatable bonds is 15. The second kappa shape index (κ2) is 21.0. The number of methoxy groups -OCH3 is 1. The fourth-order valence-electron chi connectivity index (χ4n) is 8.47. The maximum atomic E-state index is 11.3. The van der Waals surface area contributed by atoms with Gasteiger partial charge in [0.2, 0.25) is 16.7 Å². The first kappa shape index (κ1) is 49.5. The lowest BCUT2D eigenvalue weighted by Crippen LogP contribution is -2.37. The quantitative estimate of drug-likeness (QED) is 0.0767. The van der Waals surface area contributed by atoms with Gasteiger partial charge in [0.25, 0.3) is 5.01 Å². The monoisotopic (exact) mass is 1030 g/mol. The Morgan fingerprint density at radius 2 is 1.51 bits per heavy atom. The summed E-state index contributed by atoms with van der Waals surface area (Å²) >= 11 is 6.57. The highest BCUT2D eigenvalue weighted by atomic mass is 32.2. The highest BCUT2D eigenvalue weighted by Crippen LogP contribution is 2.49. The molecular weight excluding hydrogens is 977 g/mol. The lowest BCUT2D eigenvalue weighted by Gasteiger charge is -2.21. The Morgan fingerprint density at radius 3 is 2.24 bits per heavy atom. The standard InChI is InChI=1S/C28H30N2O7S5.C22H22N2OS/c1-3-19(16-26-29(11-4-14-41(31,32)33)22-18-20(37-2)6-7-24(22)39-26)17-27-30(12-5-15-42(34,35)36)28-21-10-13-38-23(21)8-9-25(28)40-27;1-4-23-17(8-7-16-12-15(3)6-10-19(16)23)13-22-24(5-2)20-14-18(25)9-11-21(20)26-22/h6-10,13,16-18H,3-5,11-12,14-15H2,1-2H3,(H-,31,32,33,34,35,36);6-14H,4-5H2,1-3H3. The van der Waals surface area contributed by atoms with Gasteiger partial charge in [-0.3, -0.25) is 0 Å². The van der Waals surface area contributed by atoms with Crippen molar-refractivity contribution in [1.82, 2.24) is 0 Å². The molecular formula is C50H52N4O8S6. The lowest BCUT2D eigenvalue weighted by atomic mass is 10.1. The van der Waals surface area contributed by atoms with E-state index >= 15 is 0 Å². The molecule has 4 aromatic carbocycles. The van der Waals surface area contributed by atoms with E-state index in [2.05, 4.69) is 102 Å². The van der Waals surface area contributed by atoms with E-state index in [1.54, 1.807) is 59.4 Å². The van der Waals surface area contributed by atoms with Crippen molar-refractivity contribution in [3.8, 4) is 11.5 Å². The SMILES string of the molecule is CCC(/C=C1\Sc2ccc(OC)cc2N1CCCS(=O)(=O)[O-])=C\c1sc2ccc3sccc3c2[n+]1CCCS(=O)(=O)[O-].CCN1/C(=C\c2ccc3cc(C)ccc3[n+]2CC)Sc2ccc(O)cc21. The molecule has 2 aliphatic rings. The van der Waals surface area contributed by atoms with Crippen LogP contribution in [0.3, 0.4) is 0 Å². The predicted octanol–water partition coefficient (Wildman–Crippen LogP) is 10.6. The summed E-state index contributed by atoms with van der Waals surface area (Å²) in [6.45, 7) is 11.0. The van der Waals surface area contributed by atoms with Crippen molar-refractivity contribution in [2.45, 2.75) is 69.8 Å². The van der Waals surface area contributed by atoms with Gasteiger partial charge in [-0.25, -0.2) is 16.8 Å². The van der Waals surface area contributed by atoms with Crippen LogP contribution in [0.2, 0.25) is 0 Å². The van der Waals surface area contributed by atoms with Crippen LogP contribution in [0, 0.1) is 6.92 Å². The molecule has 12 nitrogen and oxygen atoms in total. The summed E-state index contributed by atoms with van der Waals surface area (Å²) < 4.78 is 80.0. The zero-order valence-electron chi connectivity index (χ0n) is 38.3. The molecule has 18 heteroatoms. The van der Waals surface area contributed by atoms with Gasteiger partial charge in [-0.2, -0.15) is 9.13 Å². The van der Waals surface area contributed by atoms with Crippen molar-refractivity contribution < 1.29 is 44.9 Å². The Balaban J connectivity index is 0.000000205. The number of anilines is 2. The third-order valence-corrected chi connectivity index (χ3v) is 17.5. The number of ether oxygens (including phenoxy) is 1. The number of fused-ring (bicyclic) bond motifs is 6. The van der Waals surface area contributed by atoms with Gasteiger partial charge in [-0.15, -0.1) is 11.3 Å². The third kappa shape index (κ3) is 11.2. The van der Waals surface area contributed by atoms with Crippen LogP contribution >= 0.6 is 46.2 Å². The van der Waals surface area contributed by atoms with E-state index < -0.39 is 31.7 Å². The number of benzene rings is 4. The summed E-state index contributed by atoms with van der Waals surface area (Å²) in [5.41, 5.74) is 7.74. The van der Waals surface area contributed by atoms with E-state index in [0.29, 0.717) is 31.0 Å². The minimum absolute atomic E-state index is 0.182. The zero-order valence-corrected chi connectivity index (χ0v) is 43.2. The first-order chi connectivity index (χ1) is 32.6. The van der Waals surface area contributed by atoms with Gasteiger partial charge in [0.05, 0.1) is 54.2 Å². The molecule has 0 radical (unpaired) electrons. The van der Waals surface area contributed by atoms with Crippen molar-refractivity contribution in [3.05, 3.63) is 128 Å².